The average Bonchev–Trinajstić information content (AvgIpc) is 2.68. The van der Waals surface area contributed by atoms with Crippen LogP contribution in [0.5, 0.6) is 0 Å². The molecular formula is C20H24N4O3. The minimum Gasteiger partial charge on any atom is -0.338 e. The van der Waals surface area contributed by atoms with Crippen LogP contribution in [0.25, 0.3) is 0 Å². The fraction of sp³-hybridized carbons (Fsp3) is 0.250. The maximum Gasteiger partial charge on any atom is 0.321 e. The summed E-state index contributed by atoms with van der Waals surface area (Å²) >= 11 is 0. The van der Waals surface area contributed by atoms with Crippen LogP contribution >= 0.6 is 0 Å². The smallest absolute Gasteiger partial charge is 0.321 e. The van der Waals surface area contributed by atoms with Crippen molar-refractivity contribution in [2.45, 2.75) is 19.4 Å². The lowest BCUT2D eigenvalue weighted by Gasteiger charge is -2.18. The lowest BCUT2D eigenvalue weighted by atomic mass is 10.1. The molecule has 4 N–H and O–H groups in total. The zero-order valence-corrected chi connectivity index (χ0v) is 15.2. The van der Waals surface area contributed by atoms with Gasteiger partial charge in [-0.1, -0.05) is 55.5 Å². The van der Waals surface area contributed by atoms with E-state index in [9.17, 15) is 14.4 Å². The molecule has 0 radical (unpaired) electrons. The van der Waals surface area contributed by atoms with E-state index in [0.29, 0.717) is 17.8 Å². The first-order valence-corrected chi connectivity index (χ1v) is 8.82. The van der Waals surface area contributed by atoms with Crippen molar-refractivity contribution in [3.05, 3.63) is 66.2 Å². The topological polar surface area (TPSA) is 99.3 Å². The first kappa shape index (κ1) is 20.1. The molecule has 1 atom stereocenters. The molecule has 0 fully saturated rings. The van der Waals surface area contributed by atoms with E-state index < -0.39 is 18.0 Å². The highest BCUT2D eigenvalue weighted by Crippen LogP contribution is 2.15. The van der Waals surface area contributed by atoms with Gasteiger partial charge in [-0.25, -0.2) is 4.79 Å². The monoisotopic (exact) mass is 368 g/mol. The molecule has 0 saturated heterocycles. The lowest BCUT2D eigenvalue weighted by molar-refractivity contribution is -0.120. The summed E-state index contributed by atoms with van der Waals surface area (Å²) in [5.74, 6) is -0.812. The Morgan fingerprint density at radius 2 is 1.56 bits per heavy atom. The molecule has 7 heteroatoms. The molecule has 2 aromatic rings. The van der Waals surface area contributed by atoms with E-state index in [0.717, 1.165) is 6.42 Å². The number of anilines is 1. The summed E-state index contributed by atoms with van der Waals surface area (Å²) in [6.07, 6.45) is 0.773. The van der Waals surface area contributed by atoms with Gasteiger partial charge in [-0.05, 0) is 24.1 Å². The molecule has 0 heterocycles. The van der Waals surface area contributed by atoms with Crippen molar-refractivity contribution in [2.24, 2.45) is 0 Å². The summed E-state index contributed by atoms with van der Waals surface area (Å²) in [5.41, 5.74) is 1.38. The number of nitrogens with one attached hydrogen (secondary N) is 4. The van der Waals surface area contributed by atoms with Crippen LogP contribution < -0.4 is 21.3 Å². The van der Waals surface area contributed by atoms with Crippen LogP contribution in [0.3, 0.4) is 0 Å². The second kappa shape index (κ2) is 10.7. The van der Waals surface area contributed by atoms with Gasteiger partial charge in [0.2, 0.25) is 11.8 Å². The van der Waals surface area contributed by atoms with Crippen molar-refractivity contribution in [1.82, 2.24) is 16.0 Å². The SMILES string of the molecule is CCCNC(=O)NC(=O)CNC(C(=O)Nc1ccccc1)c1ccccc1. The van der Waals surface area contributed by atoms with Crippen molar-refractivity contribution < 1.29 is 14.4 Å². The van der Waals surface area contributed by atoms with E-state index in [1.54, 1.807) is 24.3 Å². The van der Waals surface area contributed by atoms with Gasteiger partial charge >= 0.3 is 6.03 Å². The van der Waals surface area contributed by atoms with E-state index in [-0.39, 0.29) is 12.5 Å². The highest BCUT2D eigenvalue weighted by atomic mass is 16.2. The quantitative estimate of drug-likeness (QED) is 0.574. The van der Waals surface area contributed by atoms with Gasteiger partial charge in [-0.15, -0.1) is 0 Å². The number of hydrogen-bond donors (Lipinski definition) is 4. The number of amides is 4. The summed E-state index contributed by atoms with van der Waals surface area (Å²) in [4.78, 5) is 36.2. The van der Waals surface area contributed by atoms with Gasteiger partial charge in [0, 0.05) is 12.2 Å². The van der Waals surface area contributed by atoms with Crippen molar-refractivity contribution in [2.75, 3.05) is 18.4 Å². The largest absolute Gasteiger partial charge is 0.338 e. The molecule has 27 heavy (non-hydrogen) atoms. The zero-order chi connectivity index (χ0) is 19.5. The van der Waals surface area contributed by atoms with Gasteiger partial charge in [-0.3, -0.25) is 20.2 Å². The van der Waals surface area contributed by atoms with E-state index in [1.165, 1.54) is 0 Å². The maximum atomic E-state index is 12.7. The number of imide groups is 1. The van der Waals surface area contributed by atoms with Gasteiger partial charge < -0.3 is 10.6 Å². The van der Waals surface area contributed by atoms with Crippen LogP contribution in [0.4, 0.5) is 10.5 Å². The van der Waals surface area contributed by atoms with Gasteiger partial charge in [-0.2, -0.15) is 0 Å². The molecule has 2 aromatic carbocycles. The van der Waals surface area contributed by atoms with Crippen LogP contribution in [0.1, 0.15) is 24.9 Å². The number of benzene rings is 2. The molecule has 0 aliphatic rings. The fourth-order valence-electron chi connectivity index (χ4n) is 2.39. The average molecular weight is 368 g/mol. The van der Waals surface area contributed by atoms with E-state index >= 15 is 0 Å². The molecule has 4 amide bonds. The molecule has 1 unspecified atom stereocenters. The molecule has 0 bridgehead atoms. The predicted octanol–water partition coefficient (Wildman–Crippen LogP) is 2.19. The molecule has 142 valence electrons. The van der Waals surface area contributed by atoms with E-state index in [1.807, 2.05) is 43.3 Å². The van der Waals surface area contributed by atoms with Crippen molar-refractivity contribution >= 4 is 23.5 Å². The van der Waals surface area contributed by atoms with Crippen LogP contribution in [0.2, 0.25) is 0 Å². The Morgan fingerprint density at radius 3 is 2.19 bits per heavy atom. The van der Waals surface area contributed by atoms with Crippen molar-refractivity contribution in [3.8, 4) is 0 Å². The lowest BCUT2D eigenvalue weighted by Crippen LogP contribution is -2.45. The van der Waals surface area contributed by atoms with E-state index in [4.69, 9.17) is 0 Å². The summed E-state index contributed by atoms with van der Waals surface area (Å²) in [5, 5.41) is 10.5. The van der Waals surface area contributed by atoms with Crippen LogP contribution in [0, 0.1) is 0 Å². The summed E-state index contributed by atoms with van der Waals surface area (Å²) in [6, 6.07) is 16.9. The van der Waals surface area contributed by atoms with Crippen LogP contribution in [-0.4, -0.2) is 30.9 Å². The third kappa shape index (κ3) is 6.91. The number of para-hydroxylation sites is 1. The standard InChI is InChI=1S/C20H24N4O3/c1-2-13-21-20(27)24-17(25)14-22-18(15-9-5-3-6-10-15)19(26)23-16-11-7-4-8-12-16/h3-12,18,22H,2,13-14H2,1H3,(H,23,26)(H2,21,24,25,27). The molecule has 2 rings (SSSR count). The third-order valence-corrected chi connectivity index (χ3v) is 3.69. The Morgan fingerprint density at radius 1 is 0.926 bits per heavy atom. The number of carbonyl (C=O) groups excluding carboxylic acids is 3. The van der Waals surface area contributed by atoms with Crippen LogP contribution in [0.15, 0.2) is 60.7 Å². The predicted molar refractivity (Wildman–Crippen MR) is 104 cm³/mol. The first-order chi connectivity index (χ1) is 13.1. The number of hydrogen-bond acceptors (Lipinski definition) is 4. The Balaban J connectivity index is 2.00. The van der Waals surface area contributed by atoms with Gasteiger partial charge in [0.05, 0.1) is 6.54 Å². The highest BCUT2D eigenvalue weighted by Gasteiger charge is 2.21. The van der Waals surface area contributed by atoms with Crippen LogP contribution in [-0.2, 0) is 9.59 Å². The summed E-state index contributed by atoms with van der Waals surface area (Å²) < 4.78 is 0. The second-order valence-electron chi connectivity index (χ2n) is 5.88. The number of urea groups is 1. The van der Waals surface area contributed by atoms with Gasteiger partial charge in [0.1, 0.15) is 6.04 Å². The van der Waals surface area contributed by atoms with Gasteiger partial charge in [0.25, 0.3) is 0 Å². The highest BCUT2D eigenvalue weighted by molar-refractivity contribution is 5.97. The fourth-order valence-corrected chi connectivity index (χ4v) is 2.39. The first-order valence-electron chi connectivity index (χ1n) is 8.82. The van der Waals surface area contributed by atoms with Gasteiger partial charge in [0.15, 0.2) is 0 Å². The summed E-state index contributed by atoms with van der Waals surface area (Å²) in [6.45, 7) is 2.22. The zero-order valence-electron chi connectivity index (χ0n) is 15.2. The Kier molecular flexibility index (Phi) is 7.99. The minimum absolute atomic E-state index is 0.179. The molecule has 0 aromatic heterocycles. The van der Waals surface area contributed by atoms with Crippen molar-refractivity contribution in [3.63, 3.8) is 0 Å². The Hall–Kier alpha value is -3.19. The molecule has 0 spiro atoms. The minimum atomic E-state index is -0.740. The molecule has 0 aliphatic carbocycles. The molecule has 7 nitrogen and oxygen atoms in total. The van der Waals surface area contributed by atoms with E-state index in [2.05, 4.69) is 21.3 Å². The summed E-state index contributed by atoms with van der Waals surface area (Å²) in [7, 11) is 0. The number of carbonyl (C=O) groups is 3. The molecule has 0 aliphatic heterocycles. The Bertz CT molecular complexity index is 750. The Labute approximate surface area is 158 Å². The normalized spacial score (nSPS) is 11.3. The van der Waals surface area contributed by atoms with Crippen molar-refractivity contribution in [1.29, 1.82) is 0 Å². The maximum absolute atomic E-state index is 12.7. The number of rotatable bonds is 8. The molecular weight excluding hydrogens is 344 g/mol. The second-order valence-corrected chi connectivity index (χ2v) is 5.88. The third-order valence-electron chi connectivity index (χ3n) is 3.69. The molecule has 0 saturated carbocycles.